The summed E-state index contributed by atoms with van der Waals surface area (Å²) in [7, 11) is 0. The van der Waals surface area contributed by atoms with Crippen LogP contribution in [0.15, 0.2) is 60.9 Å². The maximum Gasteiger partial charge on any atom is 0.408 e. The minimum absolute atomic E-state index is 0.116. The van der Waals surface area contributed by atoms with Gasteiger partial charge in [0.1, 0.15) is 12.6 Å². The smallest absolute Gasteiger partial charge is 0.310 e. The summed E-state index contributed by atoms with van der Waals surface area (Å²) in [5, 5.41) is 17.1. The minimum atomic E-state index is -4.39. The number of carbonyl (C=O) groups excluding carboxylic acids is 1. The van der Waals surface area contributed by atoms with Crippen molar-refractivity contribution in [2.24, 2.45) is 0 Å². The third-order valence-corrected chi connectivity index (χ3v) is 6.33. The van der Waals surface area contributed by atoms with Gasteiger partial charge in [-0.3, -0.25) is 9.48 Å². The van der Waals surface area contributed by atoms with E-state index in [0.717, 1.165) is 10.2 Å². The molecule has 0 bridgehead atoms. The van der Waals surface area contributed by atoms with Crippen LogP contribution >= 0.6 is 11.6 Å². The Bertz CT molecular complexity index is 1560. The van der Waals surface area contributed by atoms with Crippen molar-refractivity contribution in [2.75, 3.05) is 16.8 Å². The first kappa shape index (κ1) is 25.2. The van der Waals surface area contributed by atoms with E-state index >= 15 is 0 Å². The van der Waals surface area contributed by atoms with Crippen LogP contribution < -0.4 is 10.2 Å². The van der Waals surface area contributed by atoms with Gasteiger partial charge >= 0.3 is 6.18 Å². The molecular weight excluding hydrogens is 519 g/mol. The molecular formula is C26H19ClF3N7O. The lowest BCUT2D eigenvalue weighted by atomic mass is 10.0. The van der Waals surface area contributed by atoms with E-state index in [1.165, 1.54) is 18.5 Å². The number of amides is 1. The van der Waals surface area contributed by atoms with E-state index < -0.39 is 12.7 Å². The Kier molecular flexibility index (Phi) is 6.73. The molecule has 1 N–H and O–H groups in total. The van der Waals surface area contributed by atoms with Crippen molar-refractivity contribution in [2.45, 2.75) is 25.6 Å². The molecule has 0 saturated carbocycles. The number of alkyl halides is 3. The molecule has 1 amide bonds. The molecule has 192 valence electrons. The summed E-state index contributed by atoms with van der Waals surface area (Å²) < 4.78 is 38.6. The van der Waals surface area contributed by atoms with Gasteiger partial charge in [0.15, 0.2) is 5.82 Å². The Balaban J connectivity index is 1.38. The summed E-state index contributed by atoms with van der Waals surface area (Å²) >= 11 is 6.22. The highest BCUT2D eigenvalue weighted by atomic mass is 35.5. The lowest BCUT2D eigenvalue weighted by Crippen LogP contribution is -2.31. The fourth-order valence-corrected chi connectivity index (χ4v) is 4.53. The number of nitriles is 1. The number of nitrogens with zero attached hydrogens (tertiary/aromatic N) is 6. The second-order valence-electron chi connectivity index (χ2n) is 8.61. The van der Waals surface area contributed by atoms with E-state index in [4.69, 9.17) is 11.6 Å². The molecule has 2 aromatic carbocycles. The van der Waals surface area contributed by atoms with E-state index in [1.807, 2.05) is 12.1 Å². The van der Waals surface area contributed by atoms with E-state index in [0.29, 0.717) is 46.1 Å². The van der Waals surface area contributed by atoms with Crippen molar-refractivity contribution < 1.29 is 18.0 Å². The summed E-state index contributed by atoms with van der Waals surface area (Å²) in [6.07, 6.45) is -1.00. The lowest BCUT2D eigenvalue weighted by molar-refractivity contribution is -0.142. The van der Waals surface area contributed by atoms with Crippen molar-refractivity contribution in [1.29, 1.82) is 5.26 Å². The number of benzene rings is 2. The van der Waals surface area contributed by atoms with Crippen LogP contribution in [0, 0.1) is 11.3 Å². The van der Waals surface area contributed by atoms with Crippen LogP contribution in [-0.2, 0) is 24.2 Å². The van der Waals surface area contributed by atoms with Crippen molar-refractivity contribution in [3.63, 3.8) is 0 Å². The van der Waals surface area contributed by atoms with E-state index in [2.05, 4.69) is 26.5 Å². The maximum absolute atomic E-state index is 13.1. The van der Waals surface area contributed by atoms with Crippen molar-refractivity contribution in [3.8, 4) is 17.3 Å². The first-order valence-electron chi connectivity index (χ1n) is 11.5. The third-order valence-electron chi connectivity index (χ3n) is 5.96. The summed E-state index contributed by atoms with van der Waals surface area (Å²) in [5.41, 5.74) is 3.61. The van der Waals surface area contributed by atoms with Crippen molar-refractivity contribution in [3.05, 3.63) is 82.6 Å². The molecule has 0 saturated heterocycles. The zero-order valence-electron chi connectivity index (χ0n) is 19.7. The second-order valence-corrected chi connectivity index (χ2v) is 9.02. The number of halogens is 4. The predicted octanol–water partition coefficient (Wildman–Crippen LogP) is 5.30. The molecule has 3 heterocycles. The number of hydrogen-bond acceptors (Lipinski definition) is 6. The van der Waals surface area contributed by atoms with Gasteiger partial charge in [0.2, 0.25) is 11.9 Å². The highest BCUT2D eigenvalue weighted by molar-refractivity contribution is 6.31. The van der Waals surface area contributed by atoms with Crippen LogP contribution in [0.2, 0.25) is 5.02 Å². The number of fused-ring (bicyclic) bond motifs is 1. The fraction of sp³-hybridized carbons (Fsp3) is 0.192. The summed E-state index contributed by atoms with van der Waals surface area (Å²) in [5.74, 6) is 0.139. The van der Waals surface area contributed by atoms with Gasteiger partial charge in [-0.15, -0.1) is 0 Å². The van der Waals surface area contributed by atoms with Gasteiger partial charge in [-0.2, -0.15) is 23.5 Å². The van der Waals surface area contributed by atoms with Gasteiger partial charge in [0.05, 0.1) is 23.4 Å². The Labute approximate surface area is 220 Å². The van der Waals surface area contributed by atoms with Crippen LogP contribution in [-0.4, -0.2) is 38.4 Å². The van der Waals surface area contributed by atoms with E-state index in [1.54, 1.807) is 35.2 Å². The van der Waals surface area contributed by atoms with Crippen LogP contribution in [0.1, 0.15) is 16.7 Å². The van der Waals surface area contributed by atoms with Gasteiger partial charge in [-0.05, 0) is 41.8 Å². The molecule has 2 aromatic heterocycles. The number of aromatic nitrogens is 4. The van der Waals surface area contributed by atoms with Crippen LogP contribution in [0.3, 0.4) is 0 Å². The van der Waals surface area contributed by atoms with Gasteiger partial charge in [-0.25, -0.2) is 9.97 Å². The monoisotopic (exact) mass is 537 g/mol. The molecule has 1 aliphatic rings. The minimum Gasteiger partial charge on any atom is -0.310 e. The largest absolute Gasteiger partial charge is 0.408 e. The molecule has 8 nitrogen and oxygen atoms in total. The van der Waals surface area contributed by atoms with Crippen LogP contribution in [0.5, 0.6) is 0 Å². The lowest BCUT2D eigenvalue weighted by Gasteiger charge is -2.19. The zero-order valence-corrected chi connectivity index (χ0v) is 20.5. The van der Waals surface area contributed by atoms with Crippen molar-refractivity contribution in [1.82, 2.24) is 19.7 Å². The molecule has 0 spiro atoms. The molecule has 0 atom stereocenters. The second kappa shape index (κ2) is 10.1. The molecule has 38 heavy (non-hydrogen) atoms. The number of nitrogens with one attached hydrogen (secondary N) is 1. The summed E-state index contributed by atoms with van der Waals surface area (Å²) in [6.45, 7) is -0.770. The normalized spacial score (nSPS) is 12.8. The molecule has 4 aromatic rings. The van der Waals surface area contributed by atoms with E-state index in [9.17, 15) is 23.2 Å². The SMILES string of the molecule is N#Cc1cc(-c2ccnc(Nc3ccn(CC(F)(F)F)n3)n2)cc2c1N(C(=O)Cc1ccccc1Cl)CC2. The quantitative estimate of drug-likeness (QED) is 0.358. The number of carbonyl (C=O) groups is 1. The van der Waals surface area contributed by atoms with Crippen LogP contribution in [0.4, 0.5) is 30.6 Å². The molecule has 0 radical (unpaired) electrons. The first-order valence-corrected chi connectivity index (χ1v) is 11.9. The summed E-state index contributed by atoms with van der Waals surface area (Å²) in [4.78, 5) is 23.3. The van der Waals surface area contributed by atoms with E-state index in [-0.39, 0.29) is 24.1 Å². The average Bonchev–Trinajstić information content (AvgIpc) is 3.50. The topological polar surface area (TPSA) is 99.7 Å². The van der Waals surface area contributed by atoms with Gasteiger partial charge in [0, 0.05) is 35.6 Å². The van der Waals surface area contributed by atoms with Gasteiger partial charge in [0.25, 0.3) is 0 Å². The molecule has 0 aliphatic carbocycles. The third kappa shape index (κ3) is 5.45. The van der Waals surface area contributed by atoms with Crippen LogP contribution in [0.25, 0.3) is 11.3 Å². The Morgan fingerprint density at radius 3 is 2.76 bits per heavy atom. The molecule has 12 heteroatoms. The Hall–Kier alpha value is -4.43. The first-order chi connectivity index (χ1) is 18.2. The highest BCUT2D eigenvalue weighted by Gasteiger charge is 2.29. The maximum atomic E-state index is 13.1. The Morgan fingerprint density at radius 1 is 1.18 bits per heavy atom. The van der Waals surface area contributed by atoms with Gasteiger partial charge in [-0.1, -0.05) is 29.8 Å². The zero-order chi connectivity index (χ0) is 26.9. The fourth-order valence-electron chi connectivity index (χ4n) is 4.32. The number of rotatable bonds is 6. The van der Waals surface area contributed by atoms with Gasteiger partial charge < -0.3 is 10.2 Å². The Morgan fingerprint density at radius 2 is 2.00 bits per heavy atom. The number of anilines is 3. The average molecular weight is 538 g/mol. The summed E-state index contributed by atoms with van der Waals surface area (Å²) in [6, 6.07) is 15.9. The number of hydrogen-bond donors (Lipinski definition) is 1. The van der Waals surface area contributed by atoms with Crippen molar-refractivity contribution >= 4 is 35.0 Å². The predicted molar refractivity (Wildman–Crippen MR) is 135 cm³/mol. The molecule has 1 aliphatic heterocycles. The molecule has 0 fully saturated rings. The molecule has 0 unspecified atom stereocenters. The highest BCUT2D eigenvalue weighted by Crippen LogP contribution is 2.36. The standard InChI is InChI=1S/C26H19ClF3N7O/c27-20-4-2-1-3-16(20)13-23(38)37-10-6-17-11-18(12-19(14-31)24(17)37)21-5-8-32-25(33-21)34-22-7-9-36(35-22)15-26(28,29)30/h1-5,7-9,11-12H,6,10,13,15H2,(H,32,33,34,35). The molecule has 5 rings (SSSR count).